The Morgan fingerprint density at radius 1 is 0.524 bits per heavy atom. The second-order valence-corrected chi connectivity index (χ2v) is 15.6. The molecule has 0 saturated carbocycles. The smallest absolute Gasteiger partial charge is 0.412 e. The van der Waals surface area contributed by atoms with Gasteiger partial charge in [-0.25, -0.2) is 4.57 Å². The Balaban J connectivity index is 0. The highest BCUT2D eigenvalue weighted by molar-refractivity contribution is 7.51. The number of hydrogen-bond donors (Lipinski definition) is 0. The Hall–Kier alpha value is 0.800. The molecule has 1 atom stereocenters. The quantitative estimate of drug-likeness (QED) is 0.0228. The van der Waals surface area contributed by atoms with E-state index < -0.39 is 7.75 Å². The zero-order valence-electron chi connectivity index (χ0n) is 29.6. The fourth-order valence-electron chi connectivity index (χ4n) is 5.94. The highest BCUT2D eigenvalue weighted by Gasteiger charge is 2.40. The summed E-state index contributed by atoms with van der Waals surface area (Å²) in [6, 6.07) is 0. The Morgan fingerprint density at radius 3 is 1.02 bits per heavy atom. The van der Waals surface area contributed by atoms with E-state index in [4.69, 9.17) is 9.05 Å². The topological polar surface area (TPSA) is 38.8 Å². The van der Waals surface area contributed by atoms with Gasteiger partial charge in [0.1, 0.15) is 0 Å². The van der Waals surface area contributed by atoms with E-state index in [-0.39, 0.29) is 30.1 Å². The van der Waals surface area contributed by atoms with Gasteiger partial charge in [0.25, 0.3) is 0 Å². The molecule has 256 valence electrons. The first-order chi connectivity index (χ1) is 19.7. The van der Waals surface area contributed by atoms with Crippen molar-refractivity contribution >= 4 is 7.75 Å². The van der Waals surface area contributed by atoms with Crippen molar-refractivity contribution in [1.82, 2.24) is 4.67 Å². The first kappa shape index (κ1) is 44.9. The average molecular weight is 731 g/mol. The molecule has 0 amide bonds. The molecule has 0 heterocycles. The molecule has 7 heteroatoms. The van der Waals surface area contributed by atoms with Gasteiger partial charge >= 0.3 is 7.75 Å². The van der Waals surface area contributed by atoms with Gasteiger partial charge in [0.2, 0.25) is 0 Å². The summed E-state index contributed by atoms with van der Waals surface area (Å²) in [5.74, 6) is 0. The van der Waals surface area contributed by atoms with E-state index in [9.17, 15) is 4.57 Å². The van der Waals surface area contributed by atoms with E-state index in [2.05, 4.69) is 41.9 Å². The summed E-state index contributed by atoms with van der Waals surface area (Å²) in [7, 11) is 5.08. The number of unbranched alkanes of at least 4 members (excludes halogenated alkanes) is 22. The van der Waals surface area contributed by atoms with Crippen LogP contribution < -0.4 is 24.0 Å². The predicted octanol–water partition coefficient (Wildman–Crippen LogP) is 8.91. The Bertz CT molecular complexity index is 569. The van der Waals surface area contributed by atoms with Crippen molar-refractivity contribution in [1.29, 1.82) is 0 Å². The monoisotopic (exact) mass is 730 g/mol. The Morgan fingerprint density at radius 2 is 0.786 bits per heavy atom. The van der Waals surface area contributed by atoms with E-state index >= 15 is 0 Å². The minimum absolute atomic E-state index is 0. The van der Waals surface area contributed by atoms with Crippen LogP contribution in [0.1, 0.15) is 181 Å². The number of hydrogen-bond acceptors (Lipinski definition) is 3. The predicted molar refractivity (Wildman–Crippen MR) is 182 cm³/mol. The molecule has 0 aromatic rings. The highest BCUT2D eigenvalue weighted by atomic mass is 127. The molecule has 0 rings (SSSR count). The lowest BCUT2D eigenvalue weighted by Crippen LogP contribution is -3.00. The summed E-state index contributed by atoms with van der Waals surface area (Å²) in [6.07, 6.45) is 32.4. The highest BCUT2D eigenvalue weighted by Crippen LogP contribution is 2.53. The second kappa shape index (κ2) is 30.5. The van der Waals surface area contributed by atoms with Crippen molar-refractivity contribution in [2.45, 2.75) is 187 Å². The molecule has 0 aromatic heterocycles. The van der Waals surface area contributed by atoms with Crippen molar-refractivity contribution in [2.24, 2.45) is 0 Å². The van der Waals surface area contributed by atoms with Gasteiger partial charge in [-0.15, -0.1) is 0 Å². The number of rotatable bonds is 32. The van der Waals surface area contributed by atoms with E-state index in [1.54, 1.807) is 0 Å². The van der Waals surface area contributed by atoms with Crippen molar-refractivity contribution in [2.75, 3.05) is 41.4 Å². The minimum Gasteiger partial charge on any atom is -1.00 e. The van der Waals surface area contributed by atoms with Crippen molar-refractivity contribution in [3.63, 3.8) is 0 Å². The lowest BCUT2D eigenvalue weighted by atomic mass is 10.1. The van der Waals surface area contributed by atoms with Gasteiger partial charge in [-0.3, -0.25) is 9.05 Å². The van der Waals surface area contributed by atoms with Gasteiger partial charge in [0.15, 0.2) is 6.17 Å². The van der Waals surface area contributed by atoms with Crippen LogP contribution in [0.5, 0.6) is 0 Å². The molecule has 0 bridgehead atoms. The summed E-state index contributed by atoms with van der Waals surface area (Å²) in [5, 5.41) is 0. The molecule has 0 spiro atoms. The largest absolute Gasteiger partial charge is 1.00 e. The average Bonchev–Trinajstić information content (AvgIpc) is 2.93. The molecular weight excluding hydrogens is 654 g/mol. The maximum absolute atomic E-state index is 14.0. The molecular formula is C35H76IN2O3P. The van der Waals surface area contributed by atoms with Crippen LogP contribution in [0.3, 0.4) is 0 Å². The standard InChI is InChI=1S/C35H76N2O3P.HI/c1-8-11-13-15-17-19-21-23-25-27-29-31-33-39-41(38,36(4)35(10-3)37(5,6)7)40-34-32-30-28-26-24-22-20-18-16-14-12-9-2;/h35H,8-34H2,1-7H3;1H/q+1;/p-1. The molecule has 42 heavy (non-hydrogen) atoms. The van der Waals surface area contributed by atoms with Gasteiger partial charge in [0, 0.05) is 13.5 Å². The maximum atomic E-state index is 14.0. The van der Waals surface area contributed by atoms with E-state index in [0.717, 1.165) is 32.1 Å². The van der Waals surface area contributed by atoms with Crippen LogP contribution in [0.15, 0.2) is 0 Å². The van der Waals surface area contributed by atoms with Crippen molar-refractivity contribution in [3.05, 3.63) is 0 Å². The lowest BCUT2D eigenvalue weighted by molar-refractivity contribution is -0.905. The molecule has 1 unspecified atom stereocenters. The molecule has 5 nitrogen and oxygen atoms in total. The zero-order chi connectivity index (χ0) is 30.7. The molecule has 0 aliphatic heterocycles. The molecule has 0 radical (unpaired) electrons. The van der Waals surface area contributed by atoms with Crippen molar-refractivity contribution in [3.8, 4) is 0 Å². The Labute approximate surface area is 282 Å². The maximum Gasteiger partial charge on any atom is 0.412 e. The van der Waals surface area contributed by atoms with Gasteiger partial charge in [0.05, 0.1) is 34.4 Å². The van der Waals surface area contributed by atoms with Gasteiger partial charge in [-0.1, -0.05) is 162 Å². The number of quaternary nitrogens is 1. The third-order valence-corrected chi connectivity index (χ3v) is 10.6. The normalized spacial score (nSPS) is 13.0. The molecule has 0 saturated heterocycles. The van der Waals surface area contributed by atoms with Gasteiger partial charge < -0.3 is 28.5 Å². The minimum atomic E-state index is -3.33. The summed E-state index contributed by atoms with van der Waals surface area (Å²) in [6.45, 7) is 7.76. The van der Waals surface area contributed by atoms with Crippen LogP contribution in [0.25, 0.3) is 0 Å². The second-order valence-electron chi connectivity index (χ2n) is 13.5. The van der Waals surface area contributed by atoms with Crippen LogP contribution in [-0.2, 0) is 13.6 Å². The molecule has 0 fully saturated rings. The van der Waals surface area contributed by atoms with Crippen molar-refractivity contribution < 1.29 is 42.1 Å². The Kier molecular flexibility index (Phi) is 32.6. The summed E-state index contributed by atoms with van der Waals surface area (Å²) in [5.41, 5.74) is 0. The molecule has 0 aliphatic carbocycles. The third kappa shape index (κ3) is 25.0. The SMILES string of the molecule is CCCCCCCCCCCCCCOP(=O)(OCCCCCCCCCCCCCC)N(C)C(CC)[N+](C)(C)C.[I-]. The van der Waals surface area contributed by atoms with Crippen LogP contribution in [-0.4, -0.2) is 56.7 Å². The molecule has 0 aromatic carbocycles. The van der Waals surface area contributed by atoms with E-state index in [1.165, 1.54) is 128 Å². The fraction of sp³-hybridized carbons (Fsp3) is 1.00. The molecule has 0 N–H and O–H groups in total. The van der Waals surface area contributed by atoms with Crippen LogP contribution in [0.4, 0.5) is 0 Å². The first-order valence-electron chi connectivity index (χ1n) is 18.2. The number of nitrogens with zero attached hydrogens (tertiary/aromatic N) is 2. The summed E-state index contributed by atoms with van der Waals surface area (Å²) in [4.78, 5) is 0. The van der Waals surface area contributed by atoms with Crippen LogP contribution in [0.2, 0.25) is 0 Å². The fourth-order valence-corrected chi connectivity index (χ4v) is 7.90. The van der Waals surface area contributed by atoms with Crippen LogP contribution >= 0.6 is 7.75 Å². The lowest BCUT2D eigenvalue weighted by Gasteiger charge is -2.41. The van der Waals surface area contributed by atoms with Gasteiger partial charge in [-0.2, -0.15) is 4.67 Å². The van der Waals surface area contributed by atoms with Crippen LogP contribution in [0, 0.1) is 0 Å². The first-order valence-corrected chi connectivity index (χ1v) is 19.7. The van der Waals surface area contributed by atoms with E-state index in [0.29, 0.717) is 17.7 Å². The third-order valence-electron chi connectivity index (χ3n) is 8.58. The van der Waals surface area contributed by atoms with Gasteiger partial charge in [-0.05, 0) is 12.8 Å². The summed E-state index contributed by atoms with van der Waals surface area (Å²) >= 11 is 0. The molecule has 0 aliphatic rings. The zero-order valence-corrected chi connectivity index (χ0v) is 32.7. The number of halogens is 1. The summed E-state index contributed by atoms with van der Waals surface area (Å²) < 4.78 is 28.9. The van der Waals surface area contributed by atoms with E-state index in [1.807, 2.05) is 11.7 Å².